The van der Waals surface area contributed by atoms with E-state index in [1.807, 2.05) is 24.3 Å². The molecule has 0 aromatic heterocycles. The largest absolute Gasteiger partial charge is 0.496 e. The maximum Gasteiger partial charge on any atom is 0.290 e. The molecule has 32 heavy (non-hydrogen) atoms. The summed E-state index contributed by atoms with van der Waals surface area (Å²) < 4.78 is 18.9. The van der Waals surface area contributed by atoms with Crippen LogP contribution >= 0.6 is 0 Å². The van der Waals surface area contributed by atoms with Crippen molar-refractivity contribution in [3.63, 3.8) is 0 Å². The Morgan fingerprint density at radius 3 is 2.38 bits per heavy atom. The molecule has 1 fully saturated rings. The van der Waals surface area contributed by atoms with Gasteiger partial charge < -0.3 is 19.8 Å². The molecule has 0 saturated carbocycles. The molecule has 2 N–H and O–H groups in total. The van der Waals surface area contributed by atoms with E-state index in [1.54, 1.807) is 24.1 Å². The third kappa shape index (κ3) is 7.03. The van der Waals surface area contributed by atoms with Crippen LogP contribution in [0.25, 0.3) is 0 Å². The zero-order valence-electron chi connectivity index (χ0n) is 18.3. The fourth-order valence-corrected chi connectivity index (χ4v) is 3.93. The van der Waals surface area contributed by atoms with Crippen LogP contribution in [-0.4, -0.2) is 65.7 Å². The molecule has 174 valence electrons. The van der Waals surface area contributed by atoms with Crippen LogP contribution in [0.15, 0.2) is 48.5 Å². The monoisotopic (exact) mass is 446 g/mol. The van der Waals surface area contributed by atoms with Gasteiger partial charge in [-0.25, -0.2) is 4.39 Å². The van der Waals surface area contributed by atoms with Crippen LogP contribution in [0, 0.1) is 5.82 Å². The van der Waals surface area contributed by atoms with Gasteiger partial charge in [-0.2, -0.15) is 0 Å². The maximum atomic E-state index is 13.7. The van der Waals surface area contributed by atoms with Crippen molar-refractivity contribution in [2.75, 3.05) is 33.4 Å². The van der Waals surface area contributed by atoms with Crippen molar-refractivity contribution < 1.29 is 28.9 Å². The number of methoxy groups -OCH3 is 1. The number of hydrogen-bond donors (Lipinski definition) is 2. The van der Waals surface area contributed by atoms with Gasteiger partial charge in [-0.05, 0) is 49.7 Å². The van der Waals surface area contributed by atoms with E-state index >= 15 is 0 Å². The first-order valence-electron chi connectivity index (χ1n) is 10.6. The first-order valence-corrected chi connectivity index (χ1v) is 10.6. The molecule has 1 heterocycles. The third-order valence-corrected chi connectivity index (χ3v) is 5.41. The molecule has 2 aromatic rings. The summed E-state index contributed by atoms with van der Waals surface area (Å²) in [6, 6.07) is 13.3. The van der Waals surface area contributed by atoms with Gasteiger partial charge >= 0.3 is 0 Å². The van der Waals surface area contributed by atoms with Crippen molar-refractivity contribution in [2.24, 2.45) is 0 Å². The number of aliphatic hydroxyl groups is 1. The number of ether oxygens (including phenoxy) is 1. The second-order valence-corrected chi connectivity index (χ2v) is 7.45. The third-order valence-electron chi connectivity index (χ3n) is 5.41. The normalized spacial score (nSPS) is 14.6. The number of hydrogen-bond acceptors (Lipinski definition) is 5. The maximum absolute atomic E-state index is 13.7. The molecule has 8 heteroatoms. The number of carboxylic acid groups (broad SMARTS) is 1. The Morgan fingerprint density at radius 1 is 1.16 bits per heavy atom. The van der Waals surface area contributed by atoms with Crippen LogP contribution in [0.4, 0.5) is 4.39 Å². The highest BCUT2D eigenvalue weighted by molar-refractivity contribution is 5.83. The molecule has 0 aliphatic carbocycles. The van der Waals surface area contributed by atoms with Crippen molar-refractivity contribution in [1.82, 2.24) is 9.80 Å². The van der Waals surface area contributed by atoms with Crippen LogP contribution in [0.5, 0.6) is 5.75 Å². The van der Waals surface area contributed by atoms with Gasteiger partial charge in [0.15, 0.2) is 0 Å². The van der Waals surface area contributed by atoms with Crippen molar-refractivity contribution >= 4 is 12.4 Å². The van der Waals surface area contributed by atoms with Crippen molar-refractivity contribution in [2.45, 2.75) is 31.8 Å². The number of piperidine rings is 1. The van der Waals surface area contributed by atoms with Crippen molar-refractivity contribution in [3.8, 4) is 5.75 Å². The number of aliphatic hydroxyl groups excluding tert-OH is 1. The van der Waals surface area contributed by atoms with Gasteiger partial charge in [-0.1, -0.05) is 36.8 Å². The zero-order chi connectivity index (χ0) is 23.3. The Hall–Kier alpha value is -2.97. The first-order chi connectivity index (χ1) is 15.5. The van der Waals surface area contributed by atoms with E-state index in [9.17, 15) is 14.3 Å². The number of carbonyl (C=O) groups is 2. The predicted molar refractivity (Wildman–Crippen MR) is 119 cm³/mol. The predicted octanol–water partition coefficient (Wildman–Crippen LogP) is 3.08. The summed E-state index contributed by atoms with van der Waals surface area (Å²) in [7, 11) is 1.60. The van der Waals surface area contributed by atoms with Crippen LogP contribution in [0.2, 0.25) is 0 Å². The molecule has 1 aliphatic heterocycles. The molecule has 1 atom stereocenters. The Kier molecular flexibility index (Phi) is 10.6. The number of nitrogens with zero attached hydrogens (tertiary/aromatic N) is 2. The Balaban J connectivity index is 0.00000114. The summed E-state index contributed by atoms with van der Waals surface area (Å²) in [5, 5.41) is 16.5. The molecule has 3 rings (SSSR count). The lowest BCUT2D eigenvalue weighted by molar-refractivity contribution is -0.139. The number of benzene rings is 2. The van der Waals surface area contributed by atoms with Crippen LogP contribution in [-0.2, 0) is 16.1 Å². The Labute approximate surface area is 188 Å². The van der Waals surface area contributed by atoms with E-state index in [-0.39, 0.29) is 31.3 Å². The average Bonchev–Trinajstić information content (AvgIpc) is 2.81. The summed E-state index contributed by atoms with van der Waals surface area (Å²) >= 11 is 0. The molecule has 1 saturated heterocycles. The molecule has 1 amide bonds. The highest BCUT2D eigenvalue weighted by Gasteiger charge is 2.32. The highest BCUT2D eigenvalue weighted by Crippen LogP contribution is 2.28. The lowest BCUT2D eigenvalue weighted by Crippen LogP contribution is -2.45. The molecular formula is C24H31FN2O5. The average molecular weight is 447 g/mol. The standard InChI is InChI=1S/C23H29FN2O3.CH2O2/c1-29-21-8-4-3-7-19(21)17-26(15-16-27)23(28)22(25-13-5-2-6-14-25)18-9-11-20(24)12-10-18;2-1-3/h3-4,7-12,22,27H,2,5-6,13-17H2,1H3;1H,(H,2,3). The number of amides is 1. The van der Waals surface area contributed by atoms with Gasteiger partial charge in [0, 0.05) is 18.7 Å². The Bertz CT molecular complexity index is 841. The van der Waals surface area contributed by atoms with E-state index in [2.05, 4.69) is 4.90 Å². The summed E-state index contributed by atoms with van der Waals surface area (Å²) in [5.41, 5.74) is 1.66. The van der Waals surface area contributed by atoms with E-state index < -0.39 is 6.04 Å². The number of carbonyl (C=O) groups excluding carboxylic acids is 1. The number of likely N-dealkylation sites (tertiary alicyclic amines) is 1. The van der Waals surface area contributed by atoms with E-state index in [4.69, 9.17) is 14.6 Å². The van der Waals surface area contributed by atoms with Gasteiger partial charge in [0.05, 0.1) is 13.7 Å². The second kappa shape index (κ2) is 13.4. The summed E-state index contributed by atoms with van der Waals surface area (Å²) in [6.07, 6.45) is 3.23. The minimum Gasteiger partial charge on any atom is -0.496 e. The van der Waals surface area contributed by atoms with Crippen molar-refractivity contribution in [1.29, 1.82) is 0 Å². The highest BCUT2D eigenvalue weighted by atomic mass is 19.1. The van der Waals surface area contributed by atoms with Crippen molar-refractivity contribution in [3.05, 3.63) is 65.5 Å². The Morgan fingerprint density at radius 2 is 1.78 bits per heavy atom. The minimum absolute atomic E-state index is 0.0848. The lowest BCUT2D eigenvalue weighted by Gasteiger charge is -2.37. The summed E-state index contributed by atoms with van der Waals surface area (Å²) in [5.74, 6) is 0.304. The van der Waals surface area contributed by atoms with Gasteiger partial charge in [-0.3, -0.25) is 14.5 Å². The van der Waals surface area contributed by atoms with Gasteiger partial charge in [0.2, 0.25) is 5.91 Å². The van der Waals surface area contributed by atoms with Gasteiger partial charge in [0.1, 0.15) is 17.6 Å². The SMILES string of the molecule is COc1ccccc1CN(CCO)C(=O)C(c1ccc(F)cc1)N1CCCCC1.O=CO. The minimum atomic E-state index is -0.489. The van der Waals surface area contributed by atoms with E-state index in [0.717, 1.165) is 43.5 Å². The molecule has 0 bridgehead atoms. The molecule has 1 aliphatic rings. The molecule has 1 unspecified atom stereocenters. The van der Waals surface area contributed by atoms with Gasteiger partial charge in [0.25, 0.3) is 6.47 Å². The van der Waals surface area contributed by atoms with E-state index in [0.29, 0.717) is 12.3 Å². The lowest BCUT2D eigenvalue weighted by atomic mass is 10.00. The quantitative estimate of drug-likeness (QED) is 0.606. The molecule has 0 radical (unpaired) electrons. The van der Waals surface area contributed by atoms with E-state index in [1.165, 1.54) is 12.1 Å². The summed E-state index contributed by atoms with van der Waals surface area (Å²) in [4.78, 5) is 25.9. The fourth-order valence-electron chi connectivity index (χ4n) is 3.93. The van der Waals surface area contributed by atoms with Crippen LogP contribution < -0.4 is 4.74 Å². The molecular weight excluding hydrogens is 415 g/mol. The summed E-state index contributed by atoms with van der Waals surface area (Å²) in [6.45, 7) is 1.85. The van der Waals surface area contributed by atoms with Gasteiger partial charge in [-0.15, -0.1) is 0 Å². The number of halogens is 1. The van der Waals surface area contributed by atoms with Crippen LogP contribution in [0.3, 0.4) is 0 Å². The smallest absolute Gasteiger partial charge is 0.290 e. The number of para-hydroxylation sites is 1. The molecule has 0 spiro atoms. The fraction of sp³-hybridized carbons (Fsp3) is 0.417. The zero-order valence-corrected chi connectivity index (χ0v) is 18.3. The van der Waals surface area contributed by atoms with Crippen LogP contribution in [0.1, 0.15) is 36.4 Å². The molecule has 7 nitrogen and oxygen atoms in total. The molecule has 2 aromatic carbocycles. The number of rotatable bonds is 8. The topological polar surface area (TPSA) is 90.3 Å². The first kappa shape index (κ1) is 25.3. The second-order valence-electron chi connectivity index (χ2n) is 7.45.